The average Bonchev–Trinajstić information content (AvgIpc) is 3.59. The summed E-state index contributed by atoms with van der Waals surface area (Å²) in [6.07, 6.45) is 5.91. The summed E-state index contributed by atoms with van der Waals surface area (Å²) >= 11 is 0. The summed E-state index contributed by atoms with van der Waals surface area (Å²) < 4.78 is 7.56. The summed E-state index contributed by atoms with van der Waals surface area (Å²) in [7, 11) is 0. The number of benzene rings is 1. The third kappa shape index (κ3) is 3.88. The Bertz CT molecular complexity index is 1130. The van der Waals surface area contributed by atoms with Gasteiger partial charge in [-0.2, -0.15) is 0 Å². The van der Waals surface area contributed by atoms with E-state index in [4.69, 9.17) is 4.42 Å². The Labute approximate surface area is 194 Å². The van der Waals surface area contributed by atoms with Crippen LogP contribution in [0, 0.1) is 0 Å². The fourth-order valence-electron chi connectivity index (χ4n) is 5.27. The van der Waals surface area contributed by atoms with Crippen molar-refractivity contribution in [2.45, 2.75) is 63.6 Å². The lowest BCUT2D eigenvalue weighted by atomic mass is 9.91. The Morgan fingerprint density at radius 3 is 2.52 bits per heavy atom. The van der Waals surface area contributed by atoms with Gasteiger partial charge in [-0.25, -0.2) is 0 Å². The van der Waals surface area contributed by atoms with Crippen LogP contribution in [0.2, 0.25) is 0 Å². The van der Waals surface area contributed by atoms with Crippen LogP contribution in [0.5, 0.6) is 0 Å². The summed E-state index contributed by atoms with van der Waals surface area (Å²) in [6.45, 7) is 4.87. The van der Waals surface area contributed by atoms with Crippen LogP contribution in [0.4, 0.5) is 0 Å². The third-order valence-corrected chi connectivity index (χ3v) is 7.28. The van der Waals surface area contributed by atoms with Gasteiger partial charge in [0.05, 0.1) is 18.5 Å². The molecule has 1 aliphatic heterocycles. The normalized spacial score (nSPS) is 21.8. The largest absolute Gasteiger partial charge is 0.463 e. The Kier molecular flexibility index (Phi) is 5.60. The van der Waals surface area contributed by atoms with Crippen LogP contribution in [0.1, 0.15) is 61.5 Å². The standard InChI is InChI=1S/C27H31N3O3/c1-19(20-9-4-3-5-10-20)17-30-25(31)23-15-14-22(24-13-8-16-33-24)29(23)18-27(30,2)26(32)28-21-11-6-7-12-21/h3-5,8-10,13-16,19,21H,6-7,11-12,17-18H2,1-2H3,(H,28,32)/t19-,27-/m0/s1. The average molecular weight is 446 g/mol. The minimum absolute atomic E-state index is 0.0762. The van der Waals surface area contributed by atoms with Gasteiger partial charge in [0.25, 0.3) is 5.91 Å². The lowest BCUT2D eigenvalue weighted by molar-refractivity contribution is -0.133. The number of hydrogen-bond acceptors (Lipinski definition) is 3. The van der Waals surface area contributed by atoms with Gasteiger partial charge < -0.3 is 19.2 Å². The summed E-state index contributed by atoms with van der Waals surface area (Å²) in [4.78, 5) is 29.3. The van der Waals surface area contributed by atoms with Crippen LogP contribution in [0.3, 0.4) is 0 Å². The molecule has 0 radical (unpaired) electrons. The lowest BCUT2D eigenvalue weighted by Crippen LogP contribution is -2.65. The first-order valence-electron chi connectivity index (χ1n) is 11.9. The quantitative estimate of drug-likeness (QED) is 0.591. The van der Waals surface area contributed by atoms with Crippen molar-refractivity contribution in [3.63, 3.8) is 0 Å². The van der Waals surface area contributed by atoms with E-state index < -0.39 is 5.54 Å². The van der Waals surface area contributed by atoms with E-state index in [1.807, 2.05) is 54.0 Å². The van der Waals surface area contributed by atoms with Crippen LogP contribution >= 0.6 is 0 Å². The molecule has 1 fully saturated rings. The van der Waals surface area contributed by atoms with Gasteiger partial charge in [0.2, 0.25) is 5.91 Å². The molecule has 3 heterocycles. The highest BCUT2D eigenvalue weighted by Crippen LogP contribution is 2.35. The monoisotopic (exact) mass is 445 g/mol. The van der Waals surface area contributed by atoms with Crippen molar-refractivity contribution in [3.05, 3.63) is 72.1 Å². The fraction of sp³-hybridized carbons (Fsp3) is 0.407. The molecule has 33 heavy (non-hydrogen) atoms. The van der Waals surface area contributed by atoms with Crippen LogP contribution in [0.15, 0.2) is 65.3 Å². The van der Waals surface area contributed by atoms with E-state index >= 15 is 0 Å². The molecule has 6 heteroatoms. The lowest BCUT2D eigenvalue weighted by Gasteiger charge is -2.45. The molecular formula is C27H31N3O3. The molecule has 0 bridgehead atoms. The smallest absolute Gasteiger partial charge is 0.271 e. The van der Waals surface area contributed by atoms with Crippen molar-refractivity contribution in [1.82, 2.24) is 14.8 Å². The van der Waals surface area contributed by atoms with Crippen LogP contribution in [-0.4, -0.2) is 39.4 Å². The predicted octanol–water partition coefficient (Wildman–Crippen LogP) is 4.83. The summed E-state index contributed by atoms with van der Waals surface area (Å²) in [5.74, 6) is 0.595. The zero-order chi connectivity index (χ0) is 23.0. The first-order valence-corrected chi connectivity index (χ1v) is 11.9. The van der Waals surface area contributed by atoms with E-state index in [0.29, 0.717) is 24.5 Å². The van der Waals surface area contributed by atoms with Gasteiger partial charge in [0.15, 0.2) is 0 Å². The highest BCUT2D eigenvalue weighted by atomic mass is 16.3. The number of fused-ring (bicyclic) bond motifs is 1. The Morgan fingerprint density at radius 1 is 1.09 bits per heavy atom. The Hall–Kier alpha value is -3.28. The molecule has 1 saturated carbocycles. The van der Waals surface area contributed by atoms with Gasteiger partial charge >= 0.3 is 0 Å². The van der Waals surface area contributed by atoms with Crippen LogP contribution in [0.25, 0.3) is 11.5 Å². The number of carbonyl (C=O) groups excluding carboxylic acids is 2. The maximum atomic E-state index is 13.8. The van der Waals surface area contributed by atoms with E-state index in [1.165, 1.54) is 0 Å². The van der Waals surface area contributed by atoms with Crippen molar-refractivity contribution in [2.24, 2.45) is 0 Å². The highest BCUT2D eigenvalue weighted by Gasteiger charge is 2.48. The zero-order valence-electron chi connectivity index (χ0n) is 19.3. The minimum Gasteiger partial charge on any atom is -0.463 e. The zero-order valence-corrected chi connectivity index (χ0v) is 19.3. The SMILES string of the molecule is C[C@@H](CN1C(=O)c2ccc(-c3ccco3)n2C[C@@]1(C)C(=O)NC1CCCC1)c1ccccc1. The number of hydrogen-bond donors (Lipinski definition) is 1. The number of nitrogens with one attached hydrogen (secondary N) is 1. The molecule has 1 aliphatic carbocycles. The maximum absolute atomic E-state index is 13.8. The second kappa shape index (κ2) is 8.58. The van der Waals surface area contributed by atoms with Crippen molar-refractivity contribution in [2.75, 3.05) is 6.54 Å². The molecule has 0 saturated heterocycles. The number of amides is 2. The molecule has 3 aromatic rings. The maximum Gasteiger partial charge on any atom is 0.271 e. The molecule has 0 unspecified atom stereocenters. The van der Waals surface area contributed by atoms with E-state index in [9.17, 15) is 9.59 Å². The number of furan rings is 1. The molecule has 2 aromatic heterocycles. The molecular weight excluding hydrogens is 414 g/mol. The summed E-state index contributed by atoms with van der Waals surface area (Å²) in [5, 5.41) is 3.26. The molecule has 2 aliphatic rings. The number of rotatable bonds is 6. The third-order valence-electron chi connectivity index (χ3n) is 7.28. The molecule has 172 valence electrons. The van der Waals surface area contributed by atoms with Crippen molar-refractivity contribution < 1.29 is 14.0 Å². The first kappa shape index (κ1) is 21.6. The van der Waals surface area contributed by atoms with Gasteiger partial charge in [-0.3, -0.25) is 9.59 Å². The van der Waals surface area contributed by atoms with Gasteiger partial charge in [-0.15, -0.1) is 0 Å². The minimum atomic E-state index is -1.00. The van der Waals surface area contributed by atoms with E-state index in [-0.39, 0.29) is 23.8 Å². The van der Waals surface area contributed by atoms with E-state index in [2.05, 4.69) is 24.4 Å². The summed E-state index contributed by atoms with van der Waals surface area (Å²) in [5.41, 5.74) is 1.56. The van der Waals surface area contributed by atoms with Gasteiger partial charge in [0, 0.05) is 12.6 Å². The second-order valence-electron chi connectivity index (χ2n) is 9.62. The predicted molar refractivity (Wildman–Crippen MR) is 127 cm³/mol. The van der Waals surface area contributed by atoms with Crippen LogP contribution in [-0.2, 0) is 11.3 Å². The molecule has 2 atom stereocenters. The molecule has 2 amide bonds. The topological polar surface area (TPSA) is 67.5 Å². The second-order valence-corrected chi connectivity index (χ2v) is 9.62. The summed E-state index contributed by atoms with van der Waals surface area (Å²) in [6, 6.07) is 17.8. The number of carbonyl (C=O) groups is 2. The Balaban J connectivity index is 1.52. The molecule has 1 N–H and O–H groups in total. The van der Waals surface area contributed by atoms with Gasteiger partial charge in [0.1, 0.15) is 17.0 Å². The van der Waals surface area contributed by atoms with Crippen molar-refractivity contribution in [3.8, 4) is 11.5 Å². The van der Waals surface area contributed by atoms with Crippen molar-refractivity contribution >= 4 is 11.8 Å². The Morgan fingerprint density at radius 2 is 1.82 bits per heavy atom. The van der Waals surface area contributed by atoms with Gasteiger partial charge in [-0.1, -0.05) is 50.1 Å². The van der Waals surface area contributed by atoms with Gasteiger partial charge in [-0.05, 0) is 55.5 Å². The van der Waals surface area contributed by atoms with Crippen LogP contribution < -0.4 is 5.32 Å². The molecule has 5 rings (SSSR count). The molecule has 1 aromatic carbocycles. The first-order chi connectivity index (χ1) is 16.0. The van der Waals surface area contributed by atoms with Crippen molar-refractivity contribution in [1.29, 1.82) is 0 Å². The molecule has 6 nitrogen and oxygen atoms in total. The van der Waals surface area contributed by atoms with E-state index in [0.717, 1.165) is 36.9 Å². The number of nitrogens with zero attached hydrogens (tertiary/aromatic N) is 2. The number of aromatic nitrogens is 1. The highest BCUT2D eigenvalue weighted by molar-refractivity contribution is 6.00. The molecule has 0 spiro atoms. The van der Waals surface area contributed by atoms with E-state index in [1.54, 1.807) is 11.2 Å². The fourth-order valence-corrected chi connectivity index (χ4v) is 5.27.